The van der Waals surface area contributed by atoms with Crippen LogP contribution < -0.4 is 0 Å². The number of amides is 4. The molecule has 154 valence electrons. The van der Waals surface area contributed by atoms with Crippen LogP contribution in [0.2, 0.25) is 0 Å². The molecule has 0 saturated heterocycles. The molecule has 6 nitrogen and oxygen atoms in total. The number of hydrogen-bond acceptors (Lipinski definition) is 4. The topological polar surface area (TPSA) is 74.8 Å². The zero-order valence-corrected chi connectivity index (χ0v) is 17.4. The second-order valence-electron chi connectivity index (χ2n) is 8.78. The average Bonchev–Trinajstić information content (AvgIpc) is 2.82. The van der Waals surface area contributed by atoms with Gasteiger partial charge in [0.15, 0.2) is 0 Å². The summed E-state index contributed by atoms with van der Waals surface area (Å²) < 4.78 is 0. The maximum atomic E-state index is 12.9. The molecule has 0 spiro atoms. The number of imide groups is 2. The maximum absolute atomic E-state index is 12.9. The van der Waals surface area contributed by atoms with Crippen molar-refractivity contribution in [2.75, 3.05) is 14.1 Å². The fraction of sp³-hybridized carbons (Fsp3) is 0.154. The van der Waals surface area contributed by atoms with Gasteiger partial charge >= 0.3 is 0 Å². The predicted molar refractivity (Wildman–Crippen MR) is 119 cm³/mol. The Morgan fingerprint density at radius 3 is 2.28 bits per heavy atom. The van der Waals surface area contributed by atoms with Gasteiger partial charge in [0, 0.05) is 36.4 Å². The molecule has 0 N–H and O–H groups in total. The van der Waals surface area contributed by atoms with Gasteiger partial charge in [-0.1, -0.05) is 30.4 Å². The third kappa shape index (κ3) is 1.75. The zero-order chi connectivity index (χ0) is 22.0. The lowest BCUT2D eigenvalue weighted by atomic mass is 9.73. The molecule has 0 aromatic heterocycles. The van der Waals surface area contributed by atoms with E-state index in [1.165, 1.54) is 23.9 Å². The summed E-state index contributed by atoms with van der Waals surface area (Å²) in [4.78, 5) is 53.8. The molecule has 6 heteroatoms. The van der Waals surface area contributed by atoms with Crippen LogP contribution in [0.15, 0.2) is 36.4 Å². The van der Waals surface area contributed by atoms with Crippen molar-refractivity contribution in [3.8, 4) is 0 Å². The molecule has 1 unspecified atom stereocenters. The lowest BCUT2D eigenvalue weighted by Crippen LogP contribution is -2.42. The first-order chi connectivity index (χ1) is 15.4. The van der Waals surface area contributed by atoms with E-state index in [0.29, 0.717) is 28.7 Å². The summed E-state index contributed by atoms with van der Waals surface area (Å²) in [6, 6.07) is 7.44. The SMILES string of the molecule is CN1C(=O)C2=CCc3c4c5c6c(ccc5c5ccc(c2c35)C1=O)C(=O)N(C)C(=O)C6C=C4. The van der Waals surface area contributed by atoms with Gasteiger partial charge in [0.1, 0.15) is 0 Å². The Morgan fingerprint density at radius 1 is 0.812 bits per heavy atom. The van der Waals surface area contributed by atoms with Gasteiger partial charge < -0.3 is 0 Å². The average molecular weight is 420 g/mol. The number of rotatable bonds is 0. The molecule has 2 heterocycles. The fourth-order valence-corrected chi connectivity index (χ4v) is 5.86. The predicted octanol–water partition coefficient (Wildman–Crippen LogP) is 3.27. The first-order valence-corrected chi connectivity index (χ1v) is 10.5. The minimum absolute atomic E-state index is 0.225. The van der Waals surface area contributed by atoms with Crippen molar-refractivity contribution in [3.05, 3.63) is 69.8 Å². The third-order valence-corrected chi connectivity index (χ3v) is 7.39. The van der Waals surface area contributed by atoms with Gasteiger partial charge in [-0.15, -0.1) is 0 Å². The van der Waals surface area contributed by atoms with E-state index in [-0.39, 0.29) is 23.6 Å². The van der Waals surface area contributed by atoms with Gasteiger partial charge in [-0.3, -0.25) is 29.0 Å². The third-order valence-electron chi connectivity index (χ3n) is 7.39. The molecule has 0 saturated carbocycles. The van der Waals surface area contributed by atoms with Crippen molar-refractivity contribution in [2.45, 2.75) is 12.3 Å². The van der Waals surface area contributed by atoms with E-state index < -0.39 is 5.92 Å². The Bertz CT molecular complexity index is 1600. The highest BCUT2D eigenvalue weighted by atomic mass is 16.2. The molecule has 2 aliphatic heterocycles. The molecule has 4 amide bonds. The van der Waals surface area contributed by atoms with Crippen molar-refractivity contribution >= 4 is 56.8 Å². The number of fused-ring (bicyclic) bond motifs is 2. The molecule has 3 aromatic rings. The number of hydrogen-bond donors (Lipinski definition) is 0. The first kappa shape index (κ1) is 17.6. The minimum atomic E-state index is -0.488. The van der Waals surface area contributed by atoms with Gasteiger partial charge in [-0.05, 0) is 56.8 Å². The van der Waals surface area contributed by atoms with E-state index in [1.54, 1.807) is 12.1 Å². The molecule has 4 aliphatic rings. The lowest BCUT2D eigenvalue weighted by molar-refractivity contribution is -0.128. The highest BCUT2D eigenvalue weighted by Crippen LogP contribution is 2.49. The molecule has 32 heavy (non-hydrogen) atoms. The molecule has 2 aliphatic carbocycles. The molecule has 3 aromatic carbocycles. The molecule has 0 radical (unpaired) electrons. The summed E-state index contributed by atoms with van der Waals surface area (Å²) in [5, 5.41) is 3.71. The lowest BCUT2D eigenvalue weighted by Gasteiger charge is -2.34. The molecule has 0 fully saturated rings. The van der Waals surface area contributed by atoms with E-state index in [1.807, 2.05) is 30.4 Å². The van der Waals surface area contributed by atoms with Gasteiger partial charge in [0.25, 0.3) is 17.7 Å². The van der Waals surface area contributed by atoms with Crippen molar-refractivity contribution in [3.63, 3.8) is 0 Å². The number of allylic oxidation sites excluding steroid dienone is 1. The van der Waals surface area contributed by atoms with Crippen molar-refractivity contribution in [2.24, 2.45) is 0 Å². The molecule has 0 bridgehead atoms. The van der Waals surface area contributed by atoms with E-state index in [2.05, 4.69) is 0 Å². The van der Waals surface area contributed by atoms with Crippen LogP contribution in [-0.4, -0.2) is 47.5 Å². The van der Waals surface area contributed by atoms with Crippen LogP contribution in [0.25, 0.3) is 33.2 Å². The number of likely N-dealkylation sites (N-methyl/N-ethyl adjacent to an activating group) is 2. The highest BCUT2D eigenvalue weighted by Gasteiger charge is 2.41. The van der Waals surface area contributed by atoms with E-state index in [4.69, 9.17) is 0 Å². The molecular formula is C26H16N2O4. The second kappa shape index (κ2) is 5.40. The largest absolute Gasteiger partial charge is 0.281 e. The van der Waals surface area contributed by atoms with E-state index >= 15 is 0 Å². The van der Waals surface area contributed by atoms with Crippen LogP contribution in [-0.2, 0) is 16.0 Å². The monoisotopic (exact) mass is 420 g/mol. The van der Waals surface area contributed by atoms with Crippen molar-refractivity contribution in [1.29, 1.82) is 0 Å². The summed E-state index contributed by atoms with van der Waals surface area (Å²) in [5.41, 5.74) is 5.11. The van der Waals surface area contributed by atoms with Crippen LogP contribution in [0.1, 0.15) is 48.9 Å². The summed E-state index contributed by atoms with van der Waals surface area (Å²) >= 11 is 0. The number of carbonyl (C=O) groups excluding carboxylic acids is 4. The minimum Gasteiger partial charge on any atom is -0.281 e. The standard InChI is InChI=1S/C26H16N2O4/c1-27-23(29)15-7-3-11-13-5-9-17-22-18(26(32)28(2)25(17)31)10-6-14(20(13)22)12-4-8-16(24(27)30)21(15)19(11)12/h3-5,7-10,16H,6H2,1-2H3. The van der Waals surface area contributed by atoms with E-state index in [9.17, 15) is 19.2 Å². The summed E-state index contributed by atoms with van der Waals surface area (Å²) in [7, 11) is 3.04. The van der Waals surface area contributed by atoms with Crippen molar-refractivity contribution < 1.29 is 19.2 Å². The smallest absolute Gasteiger partial charge is 0.261 e. The Labute approximate surface area is 182 Å². The van der Waals surface area contributed by atoms with Crippen LogP contribution in [0, 0.1) is 0 Å². The van der Waals surface area contributed by atoms with Crippen LogP contribution >= 0.6 is 0 Å². The van der Waals surface area contributed by atoms with Gasteiger partial charge in [-0.2, -0.15) is 0 Å². The zero-order valence-electron chi connectivity index (χ0n) is 17.4. The number of carbonyl (C=O) groups is 4. The Balaban J connectivity index is 1.69. The van der Waals surface area contributed by atoms with Crippen LogP contribution in [0.5, 0.6) is 0 Å². The molecule has 1 atom stereocenters. The van der Waals surface area contributed by atoms with Crippen LogP contribution in [0.4, 0.5) is 0 Å². The van der Waals surface area contributed by atoms with E-state index in [0.717, 1.165) is 38.2 Å². The fourth-order valence-electron chi connectivity index (χ4n) is 5.86. The number of benzene rings is 3. The Morgan fingerprint density at radius 2 is 1.50 bits per heavy atom. The van der Waals surface area contributed by atoms with Gasteiger partial charge in [-0.25, -0.2) is 0 Å². The van der Waals surface area contributed by atoms with Gasteiger partial charge in [0.05, 0.1) is 5.92 Å². The molecular weight excluding hydrogens is 404 g/mol. The number of nitrogens with zero attached hydrogens (tertiary/aromatic N) is 2. The summed E-state index contributed by atoms with van der Waals surface area (Å²) in [6.45, 7) is 0. The maximum Gasteiger partial charge on any atom is 0.261 e. The van der Waals surface area contributed by atoms with Crippen LogP contribution in [0.3, 0.4) is 0 Å². The second-order valence-corrected chi connectivity index (χ2v) is 8.78. The quantitative estimate of drug-likeness (QED) is 0.413. The molecule has 7 rings (SSSR count). The van der Waals surface area contributed by atoms with Gasteiger partial charge in [0.2, 0.25) is 5.91 Å². The normalized spacial score (nSPS) is 20.6. The van der Waals surface area contributed by atoms with Crippen molar-refractivity contribution in [1.82, 2.24) is 9.80 Å². The summed E-state index contributed by atoms with van der Waals surface area (Å²) in [5.74, 6) is -1.58. The highest BCUT2D eigenvalue weighted by molar-refractivity contribution is 6.36. The Kier molecular flexibility index (Phi) is 2.97. The summed E-state index contributed by atoms with van der Waals surface area (Å²) in [6.07, 6.45) is 6.28. The Hall–Kier alpha value is -4.06. The first-order valence-electron chi connectivity index (χ1n) is 10.5.